The SMILES string of the molecule is O=[N+]([O-])c1ccc(CNS(=O)(=O)CC2CCNCC2)cc1. The van der Waals surface area contributed by atoms with Gasteiger partial charge in [-0.05, 0) is 37.4 Å². The molecule has 21 heavy (non-hydrogen) atoms. The van der Waals surface area contributed by atoms with E-state index in [2.05, 4.69) is 10.0 Å². The molecule has 1 aromatic carbocycles. The highest BCUT2D eigenvalue weighted by molar-refractivity contribution is 7.89. The van der Waals surface area contributed by atoms with Crippen molar-refractivity contribution in [3.05, 3.63) is 39.9 Å². The van der Waals surface area contributed by atoms with Gasteiger partial charge < -0.3 is 5.32 Å². The number of non-ortho nitro benzene ring substituents is 1. The van der Waals surface area contributed by atoms with Gasteiger partial charge in [0.2, 0.25) is 10.0 Å². The Labute approximate surface area is 123 Å². The van der Waals surface area contributed by atoms with Crippen molar-refractivity contribution >= 4 is 15.7 Å². The van der Waals surface area contributed by atoms with E-state index in [4.69, 9.17) is 0 Å². The Morgan fingerprint density at radius 1 is 1.24 bits per heavy atom. The molecule has 0 aliphatic carbocycles. The summed E-state index contributed by atoms with van der Waals surface area (Å²) in [6.07, 6.45) is 1.75. The van der Waals surface area contributed by atoms with Crippen LogP contribution < -0.4 is 10.0 Å². The normalized spacial score (nSPS) is 16.8. The molecule has 0 aromatic heterocycles. The summed E-state index contributed by atoms with van der Waals surface area (Å²) >= 11 is 0. The van der Waals surface area contributed by atoms with Crippen LogP contribution in [0.15, 0.2) is 24.3 Å². The van der Waals surface area contributed by atoms with E-state index in [1.165, 1.54) is 12.1 Å². The third-order valence-electron chi connectivity index (χ3n) is 3.56. The minimum absolute atomic E-state index is 0.00341. The molecular weight excluding hydrogens is 294 g/mol. The second kappa shape index (κ2) is 6.97. The Kier molecular flexibility index (Phi) is 5.27. The maximum absolute atomic E-state index is 12.0. The van der Waals surface area contributed by atoms with Gasteiger partial charge in [0.05, 0.1) is 10.7 Å². The van der Waals surface area contributed by atoms with Gasteiger partial charge in [0.25, 0.3) is 5.69 Å². The molecular formula is C13H19N3O4S. The van der Waals surface area contributed by atoms with Crippen molar-refractivity contribution in [3.8, 4) is 0 Å². The summed E-state index contributed by atoms with van der Waals surface area (Å²) < 4.78 is 26.6. The van der Waals surface area contributed by atoms with Crippen molar-refractivity contribution in [1.29, 1.82) is 0 Å². The average Bonchev–Trinajstić information content (AvgIpc) is 2.46. The highest BCUT2D eigenvalue weighted by Gasteiger charge is 2.20. The number of rotatable bonds is 6. The zero-order valence-corrected chi connectivity index (χ0v) is 12.4. The lowest BCUT2D eigenvalue weighted by Crippen LogP contribution is -2.35. The first-order valence-electron chi connectivity index (χ1n) is 6.88. The number of nitro groups is 1. The van der Waals surface area contributed by atoms with E-state index in [1.807, 2.05) is 0 Å². The van der Waals surface area contributed by atoms with Crippen LogP contribution in [-0.2, 0) is 16.6 Å². The molecule has 1 aliphatic rings. The molecule has 7 nitrogen and oxygen atoms in total. The molecule has 116 valence electrons. The van der Waals surface area contributed by atoms with Crippen molar-refractivity contribution < 1.29 is 13.3 Å². The van der Waals surface area contributed by atoms with Crippen LogP contribution in [0.1, 0.15) is 18.4 Å². The molecule has 0 spiro atoms. The first-order valence-corrected chi connectivity index (χ1v) is 8.53. The fourth-order valence-electron chi connectivity index (χ4n) is 2.35. The second-order valence-corrected chi connectivity index (χ2v) is 7.07. The van der Waals surface area contributed by atoms with E-state index in [1.54, 1.807) is 12.1 Å². The van der Waals surface area contributed by atoms with Gasteiger partial charge in [-0.25, -0.2) is 13.1 Å². The molecule has 0 saturated carbocycles. The molecule has 1 fully saturated rings. The van der Waals surface area contributed by atoms with E-state index in [0.717, 1.165) is 25.9 Å². The lowest BCUT2D eigenvalue weighted by atomic mass is 10.0. The first-order chi connectivity index (χ1) is 9.96. The molecule has 0 radical (unpaired) electrons. The summed E-state index contributed by atoms with van der Waals surface area (Å²) in [5.41, 5.74) is 0.700. The molecule has 0 atom stereocenters. The minimum Gasteiger partial charge on any atom is -0.317 e. The van der Waals surface area contributed by atoms with Crippen molar-refractivity contribution in [2.24, 2.45) is 5.92 Å². The maximum atomic E-state index is 12.0. The van der Waals surface area contributed by atoms with Crippen LogP contribution in [0, 0.1) is 16.0 Å². The second-order valence-electron chi connectivity index (χ2n) is 5.22. The van der Waals surface area contributed by atoms with Crippen LogP contribution >= 0.6 is 0 Å². The average molecular weight is 313 g/mol. The third-order valence-corrected chi connectivity index (χ3v) is 5.05. The summed E-state index contributed by atoms with van der Waals surface area (Å²) in [4.78, 5) is 10.1. The number of nitro benzene ring substituents is 1. The van der Waals surface area contributed by atoms with E-state index < -0.39 is 14.9 Å². The number of benzene rings is 1. The lowest BCUT2D eigenvalue weighted by molar-refractivity contribution is -0.384. The van der Waals surface area contributed by atoms with Gasteiger partial charge in [0.1, 0.15) is 0 Å². The van der Waals surface area contributed by atoms with Crippen molar-refractivity contribution in [2.45, 2.75) is 19.4 Å². The molecule has 2 N–H and O–H groups in total. The first kappa shape index (κ1) is 15.9. The van der Waals surface area contributed by atoms with Gasteiger partial charge in [-0.3, -0.25) is 10.1 Å². The van der Waals surface area contributed by atoms with E-state index in [9.17, 15) is 18.5 Å². The van der Waals surface area contributed by atoms with Gasteiger partial charge in [0.15, 0.2) is 0 Å². The Morgan fingerprint density at radius 2 is 1.86 bits per heavy atom. The Balaban J connectivity index is 1.87. The molecule has 8 heteroatoms. The van der Waals surface area contributed by atoms with Crippen LogP contribution in [0.4, 0.5) is 5.69 Å². The number of hydrogen-bond donors (Lipinski definition) is 2. The largest absolute Gasteiger partial charge is 0.317 e. The number of nitrogens with one attached hydrogen (secondary N) is 2. The fraction of sp³-hybridized carbons (Fsp3) is 0.538. The quantitative estimate of drug-likeness (QED) is 0.603. The van der Waals surface area contributed by atoms with Crippen LogP contribution in [0.3, 0.4) is 0 Å². The number of hydrogen-bond acceptors (Lipinski definition) is 5. The zero-order valence-electron chi connectivity index (χ0n) is 11.6. The summed E-state index contributed by atoms with van der Waals surface area (Å²) in [5.74, 6) is 0.336. The Bertz CT molecular complexity index is 580. The number of nitrogens with zero attached hydrogens (tertiary/aromatic N) is 1. The van der Waals surface area contributed by atoms with E-state index in [-0.39, 0.29) is 23.9 Å². The summed E-state index contributed by atoms with van der Waals surface area (Å²) in [6, 6.07) is 5.86. The van der Waals surface area contributed by atoms with E-state index in [0.29, 0.717) is 5.56 Å². The van der Waals surface area contributed by atoms with Gasteiger partial charge >= 0.3 is 0 Å². The molecule has 1 saturated heterocycles. The standard InChI is InChI=1S/C13H19N3O4S/c17-16(18)13-3-1-11(2-4-13)9-15-21(19,20)10-12-5-7-14-8-6-12/h1-4,12,14-15H,5-10H2. The van der Waals surface area contributed by atoms with Crippen molar-refractivity contribution in [2.75, 3.05) is 18.8 Å². The Morgan fingerprint density at radius 3 is 2.43 bits per heavy atom. The van der Waals surface area contributed by atoms with Crippen molar-refractivity contribution in [3.63, 3.8) is 0 Å². The van der Waals surface area contributed by atoms with Crippen LogP contribution in [0.5, 0.6) is 0 Å². The molecule has 1 aromatic rings. The molecule has 1 aliphatic heterocycles. The molecule has 2 rings (SSSR count). The van der Waals surface area contributed by atoms with Gasteiger partial charge in [-0.1, -0.05) is 12.1 Å². The fourth-order valence-corrected chi connectivity index (χ4v) is 3.80. The lowest BCUT2D eigenvalue weighted by Gasteiger charge is -2.22. The molecule has 1 heterocycles. The monoisotopic (exact) mass is 313 g/mol. The molecule has 0 bridgehead atoms. The predicted molar refractivity (Wildman–Crippen MR) is 79.3 cm³/mol. The summed E-state index contributed by atoms with van der Waals surface area (Å²) in [5, 5.41) is 13.7. The van der Waals surface area contributed by atoms with Gasteiger partial charge in [-0.2, -0.15) is 0 Å². The zero-order chi connectivity index (χ0) is 15.3. The van der Waals surface area contributed by atoms with Crippen LogP contribution in [0.2, 0.25) is 0 Å². The van der Waals surface area contributed by atoms with Crippen molar-refractivity contribution in [1.82, 2.24) is 10.0 Å². The highest BCUT2D eigenvalue weighted by Crippen LogP contribution is 2.15. The van der Waals surface area contributed by atoms with Crippen LogP contribution in [0.25, 0.3) is 0 Å². The predicted octanol–water partition coefficient (Wildman–Crippen LogP) is 1.01. The van der Waals surface area contributed by atoms with Gasteiger partial charge in [0, 0.05) is 18.7 Å². The smallest absolute Gasteiger partial charge is 0.269 e. The number of piperidine rings is 1. The highest BCUT2D eigenvalue weighted by atomic mass is 32.2. The third kappa shape index (κ3) is 5.07. The summed E-state index contributed by atoms with van der Waals surface area (Å²) in [6.45, 7) is 1.89. The maximum Gasteiger partial charge on any atom is 0.269 e. The Hall–Kier alpha value is -1.51. The van der Waals surface area contributed by atoms with E-state index >= 15 is 0 Å². The van der Waals surface area contributed by atoms with Gasteiger partial charge in [-0.15, -0.1) is 0 Å². The number of sulfonamides is 1. The molecule has 0 amide bonds. The minimum atomic E-state index is -3.32. The molecule has 0 unspecified atom stereocenters. The van der Waals surface area contributed by atoms with Crippen LogP contribution in [-0.4, -0.2) is 32.2 Å². The topological polar surface area (TPSA) is 101 Å². The summed E-state index contributed by atoms with van der Waals surface area (Å²) in [7, 11) is -3.32.